The van der Waals surface area contributed by atoms with E-state index in [0.717, 1.165) is 28.8 Å². The fraction of sp³-hybridized carbons (Fsp3) is 0.158. The van der Waals surface area contributed by atoms with E-state index in [9.17, 15) is 4.55 Å². The van der Waals surface area contributed by atoms with Crippen molar-refractivity contribution in [2.24, 2.45) is 0 Å². The minimum Gasteiger partial charge on any atom is -0.588 e. The molecule has 2 nitrogen and oxygen atoms in total. The standard InChI is InChI=1S/C19H21NOS/c1-4-16(3)18-13-11-17(12-14-18)15-20(22(21)5-2)19-9-7-6-8-10-19/h5-14H,2-4,15H2,1H3. The molecule has 0 N–H and O–H groups in total. The predicted octanol–water partition coefficient (Wildman–Crippen LogP) is 4.92. The molecule has 1 unspecified atom stereocenters. The van der Waals surface area contributed by atoms with Crippen LogP contribution in [-0.2, 0) is 17.9 Å². The SMILES string of the molecule is C=C[S+]([O-])N(Cc1ccc(C(=C)CC)cc1)c1ccccc1. The summed E-state index contributed by atoms with van der Waals surface area (Å²) in [6, 6.07) is 18.0. The molecule has 3 heteroatoms. The second-order valence-electron chi connectivity index (χ2n) is 4.97. The quantitative estimate of drug-likeness (QED) is 0.678. The number of anilines is 1. The van der Waals surface area contributed by atoms with Crippen LogP contribution in [0.15, 0.2) is 73.2 Å². The lowest BCUT2D eigenvalue weighted by Crippen LogP contribution is -2.28. The second-order valence-corrected chi connectivity index (χ2v) is 6.30. The van der Waals surface area contributed by atoms with Gasteiger partial charge in [-0.05, 0) is 41.8 Å². The lowest BCUT2D eigenvalue weighted by Gasteiger charge is -2.23. The minimum atomic E-state index is -1.25. The number of nitrogens with zero attached hydrogens (tertiary/aromatic N) is 1. The van der Waals surface area contributed by atoms with E-state index >= 15 is 0 Å². The first-order valence-electron chi connectivity index (χ1n) is 7.28. The molecule has 0 aliphatic heterocycles. The van der Waals surface area contributed by atoms with E-state index in [1.807, 2.05) is 34.6 Å². The van der Waals surface area contributed by atoms with E-state index in [4.69, 9.17) is 0 Å². The summed E-state index contributed by atoms with van der Waals surface area (Å²) < 4.78 is 14.1. The van der Waals surface area contributed by atoms with Gasteiger partial charge >= 0.3 is 0 Å². The van der Waals surface area contributed by atoms with Gasteiger partial charge in [0.05, 0.1) is 23.6 Å². The van der Waals surface area contributed by atoms with Crippen molar-refractivity contribution in [2.45, 2.75) is 19.9 Å². The van der Waals surface area contributed by atoms with Crippen LogP contribution in [0.1, 0.15) is 24.5 Å². The van der Waals surface area contributed by atoms with Crippen LogP contribution < -0.4 is 4.31 Å². The Morgan fingerprint density at radius 3 is 2.32 bits per heavy atom. The number of para-hydroxylation sites is 1. The molecule has 0 saturated heterocycles. The van der Waals surface area contributed by atoms with Crippen LogP contribution in [0.4, 0.5) is 5.69 Å². The number of allylic oxidation sites excluding steroid dienone is 1. The van der Waals surface area contributed by atoms with Crippen molar-refractivity contribution in [1.82, 2.24) is 0 Å². The number of benzene rings is 2. The van der Waals surface area contributed by atoms with Crippen LogP contribution >= 0.6 is 0 Å². The zero-order chi connectivity index (χ0) is 15.9. The highest BCUT2D eigenvalue weighted by molar-refractivity contribution is 7.95. The summed E-state index contributed by atoms with van der Waals surface area (Å²) in [7, 11) is 0. The Bertz CT molecular complexity index is 622. The van der Waals surface area contributed by atoms with Gasteiger partial charge in [-0.15, -0.1) is 0 Å². The molecule has 2 aromatic carbocycles. The largest absolute Gasteiger partial charge is 0.588 e. The maximum Gasteiger partial charge on any atom is 0.137 e. The topological polar surface area (TPSA) is 26.3 Å². The van der Waals surface area contributed by atoms with E-state index < -0.39 is 11.4 Å². The van der Waals surface area contributed by atoms with Crippen molar-refractivity contribution in [2.75, 3.05) is 4.31 Å². The first-order chi connectivity index (χ1) is 10.7. The molecule has 0 aromatic heterocycles. The summed E-state index contributed by atoms with van der Waals surface area (Å²) in [6.07, 6.45) is 0.940. The lowest BCUT2D eigenvalue weighted by atomic mass is 10.0. The van der Waals surface area contributed by atoms with Gasteiger partial charge in [-0.2, -0.15) is 4.31 Å². The molecule has 0 radical (unpaired) electrons. The van der Waals surface area contributed by atoms with Crippen molar-refractivity contribution in [3.63, 3.8) is 0 Å². The van der Waals surface area contributed by atoms with E-state index in [1.165, 1.54) is 5.41 Å². The van der Waals surface area contributed by atoms with E-state index in [-0.39, 0.29) is 0 Å². The molecule has 0 fully saturated rings. The highest BCUT2D eigenvalue weighted by Gasteiger charge is 2.18. The molecule has 2 aromatic rings. The number of hydrogen-bond donors (Lipinski definition) is 0. The highest BCUT2D eigenvalue weighted by Crippen LogP contribution is 2.23. The van der Waals surface area contributed by atoms with E-state index in [0.29, 0.717) is 6.54 Å². The normalized spacial score (nSPS) is 11.7. The summed E-state index contributed by atoms with van der Waals surface area (Å²) in [5.41, 5.74) is 4.30. The summed E-state index contributed by atoms with van der Waals surface area (Å²) in [5, 5.41) is 1.46. The maximum absolute atomic E-state index is 12.2. The fourth-order valence-electron chi connectivity index (χ4n) is 2.16. The van der Waals surface area contributed by atoms with Gasteiger partial charge in [0, 0.05) is 0 Å². The smallest absolute Gasteiger partial charge is 0.137 e. The predicted molar refractivity (Wildman–Crippen MR) is 96.7 cm³/mol. The Hall–Kier alpha value is -1.97. The fourth-order valence-corrected chi connectivity index (χ4v) is 2.94. The van der Waals surface area contributed by atoms with Gasteiger partial charge in [0.1, 0.15) is 5.41 Å². The third kappa shape index (κ3) is 4.03. The molecule has 0 aliphatic carbocycles. The molecule has 0 aliphatic rings. The molecule has 0 heterocycles. The van der Waals surface area contributed by atoms with Crippen LogP contribution in [0.25, 0.3) is 5.57 Å². The van der Waals surface area contributed by atoms with Gasteiger partial charge in [-0.3, -0.25) is 0 Å². The molecular formula is C19H21NOS. The van der Waals surface area contributed by atoms with Crippen molar-refractivity contribution in [3.8, 4) is 0 Å². The molecule has 114 valence electrons. The molecular weight excluding hydrogens is 290 g/mol. The van der Waals surface area contributed by atoms with Gasteiger partial charge in [0.15, 0.2) is 0 Å². The average Bonchev–Trinajstić information content (AvgIpc) is 2.59. The molecule has 0 saturated carbocycles. The van der Waals surface area contributed by atoms with Crippen LogP contribution in [-0.4, -0.2) is 4.55 Å². The Morgan fingerprint density at radius 2 is 1.77 bits per heavy atom. The van der Waals surface area contributed by atoms with E-state index in [1.54, 1.807) is 0 Å². The summed E-state index contributed by atoms with van der Waals surface area (Å²) in [4.78, 5) is 0. The summed E-state index contributed by atoms with van der Waals surface area (Å²) in [5.74, 6) is 0. The third-order valence-electron chi connectivity index (χ3n) is 3.52. The summed E-state index contributed by atoms with van der Waals surface area (Å²) >= 11 is -1.25. The third-order valence-corrected chi connectivity index (χ3v) is 4.58. The average molecular weight is 311 g/mol. The molecule has 0 spiro atoms. The molecule has 0 amide bonds. The van der Waals surface area contributed by atoms with Gasteiger partial charge in [-0.25, -0.2) is 0 Å². The molecule has 22 heavy (non-hydrogen) atoms. The Kier molecular flexibility index (Phi) is 5.87. The van der Waals surface area contributed by atoms with Crippen molar-refractivity contribution in [1.29, 1.82) is 0 Å². The van der Waals surface area contributed by atoms with Gasteiger partial charge < -0.3 is 4.55 Å². The van der Waals surface area contributed by atoms with Crippen molar-refractivity contribution in [3.05, 3.63) is 84.3 Å². The monoisotopic (exact) mass is 311 g/mol. The number of rotatable bonds is 7. The van der Waals surface area contributed by atoms with Gasteiger partial charge in [0.25, 0.3) is 0 Å². The Balaban J connectivity index is 2.20. The molecule has 2 rings (SSSR count). The van der Waals surface area contributed by atoms with Gasteiger partial charge in [-0.1, -0.05) is 56.0 Å². The minimum absolute atomic E-state index is 0.571. The van der Waals surface area contributed by atoms with Crippen LogP contribution in [0.5, 0.6) is 0 Å². The van der Waals surface area contributed by atoms with Crippen molar-refractivity contribution >= 4 is 22.6 Å². The van der Waals surface area contributed by atoms with Gasteiger partial charge in [0.2, 0.25) is 0 Å². The first-order valence-corrected chi connectivity index (χ1v) is 8.45. The lowest BCUT2D eigenvalue weighted by molar-refractivity contribution is 0.598. The van der Waals surface area contributed by atoms with Crippen LogP contribution in [0.2, 0.25) is 0 Å². The van der Waals surface area contributed by atoms with Crippen LogP contribution in [0.3, 0.4) is 0 Å². The van der Waals surface area contributed by atoms with E-state index in [2.05, 4.69) is 44.3 Å². The van der Waals surface area contributed by atoms with Crippen molar-refractivity contribution < 1.29 is 4.55 Å². The first kappa shape index (κ1) is 16.4. The zero-order valence-corrected chi connectivity index (χ0v) is 13.7. The molecule has 0 bridgehead atoms. The maximum atomic E-state index is 12.2. The Morgan fingerprint density at radius 1 is 1.14 bits per heavy atom. The zero-order valence-electron chi connectivity index (χ0n) is 12.9. The second kappa shape index (κ2) is 7.87. The molecule has 1 atom stereocenters. The summed E-state index contributed by atoms with van der Waals surface area (Å²) in [6.45, 7) is 10.4. The Labute approximate surface area is 136 Å². The van der Waals surface area contributed by atoms with Crippen LogP contribution in [0, 0.1) is 0 Å². The highest BCUT2D eigenvalue weighted by atomic mass is 32.2. The number of hydrogen-bond acceptors (Lipinski definition) is 2.